The Balaban J connectivity index is 0.000000165. The van der Waals surface area contributed by atoms with E-state index in [9.17, 15) is 10.1 Å². The van der Waals surface area contributed by atoms with Crippen LogP contribution in [0.2, 0.25) is 0 Å². The third-order valence-electron chi connectivity index (χ3n) is 1.39. The second-order valence-electron chi connectivity index (χ2n) is 2.39. The topological polar surface area (TPSA) is 43.1 Å². The number of non-ortho nitro benzene ring substituents is 1. The maximum absolute atomic E-state index is 10.0. The van der Waals surface area contributed by atoms with Gasteiger partial charge in [0.25, 0.3) is 5.69 Å². The van der Waals surface area contributed by atoms with Crippen LogP contribution in [0.5, 0.6) is 0 Å². The molecule has 1 aromatic heterocycles. The first-order valence-electron chi connectivity index (χ1n) is 3.97. The number of rotatable bonds is 1. The Morgan fingerprint density at radius 2 is 1.57 bits per heavy atom. The number of nitro benzene ring substituents is 1. The van der Waals surface area contributed by atoms with Crippen molar-refractivity contribution in [3.63, 3.8) is 0 Å². The van der Waals surface area contributed by atoms with Crippen molar-refractivity contribution in [2.24, 2.45) is 0 Å². The molecule has 2 aromatic rings. The van der Waals surface area contributed by atoms with E-state index < -0.39 is 4.92 Å². The van der Waals surface area contributed by atoms with Gasteiger partial charge in [-0.1, -0.05) is 30.3 Å². The first kappa shape index (κ1) is 10.4. The summed E-state index contributed by atoms with van der Waals surface area (Å²) in [6, 6.07) is 12.0. The number of nitro groups is 1. The van der Waals surface area contributed by atoms with E-state index in [0.29, 0.717) is 0 Å². The molecule has 0 fully saturated rings. The van der Waals surface area contributed by atoms with Crippen molar-refractivity contribution in [1.29, 1.82) is 0 Å². The van der Waals surface area contributed by atoms with Crippen LogP contribution in [0.3, 0.4) is 0 Å². The molecule has 0 saturated carbocycles. The van der Waals surface area contributed by atoms with Crippen molar-refractivity contribution in [2.75, 3.05) is 0 Å². The molecule has 0 unspecified atom stereocenters. The normalized spacial score (nSPS) is 8.57. The molecule has 72 valence electrons. The molecule has 2 rings (SSSR count). The maximum Gasteiger partial charge on any atom is 0.269 e. The quantitative estimate of drug-likeness (QED) is 0.531. The number of thiophene rings is 1. The average Bonchev–Trinajstić information content (AvgIpc) is 2.77. The van der Waals surface area contributed by atoms with Crippen molar-refractivity contribution < 1.29 is 4.92 Å². The summed E-state index contributed by atoms with van der Waals surface area (Å²) in [5.74, 6) is 0. The number of benzene rings is 1. The van der Waals surface area contributed by atoms with Crippen molar-refractivity contribution in [3.8, 4) is 0 Å². The van der Waals surface area contributed by atoms with Crippen LogP contribution < -0.4 is 0 Å². The number of hydrogen-bond donors (Lipinski definition) is 0. The van der Waals surface area contributed by atoms with Crippen LogP contribution in [0.1, 0.15) is 0 Å². The molecule has 14 heavy (non-hydrogen) atoms. The monoisotopic (exact) mass is 207 g/mol. The molecule has 0 aliphatic carbocycles. The largest absolute Gasteiger partial charge is 0.269 e. The van der Waals surface area contributed by atoms with E-state index in [-0.39, 0.29) is 5.69 Å². The van der Waals surface area contributed by atoms with Crippen LogP contribution in [-0.2, 0) is 0 Å². The lowest BCUT2D eigenvalue weighted by Gasteiger charge is -1.85. The number of para-hydroxylation sites is 1. The first-order chi connectivity index (χ1) is 6.80. The molecule has 0 spiro atoms. The van der Waals surface area contributed by atoms with Gasteiger partial charge >= 0.3 is 0 Å². The van der Waals surface area contributed by atoms with Crippen molar-refractivity contribution >= 4 is 17.0 Å². The third-order valence-corrected chi connectivity index (χ3v) is 2.02. The van der Waals surface area contributed by atoms with Crippen LogP contribution in [0.15, 0.2) is 53.2 Å². The SMILES string of the molecule is O=[N+]([O-])c1ccccc1.c1ccsc1. The van der Waals surface area contributed by atoms with Gasteiger partial charge < -0.3 is 0 Å². The first-order valence-corrected chi connectivity index (χ1v) is 4.91. The Morgan fingerprint density at radius 3 is 1.86 bits per heavy atom. The summed E-state index contributed by atoms with van der Waals surface area (Å²) < 4.78 is 0. The summed E-state index contributed by atoms with van der Waals surface area (Å²) in [4.78, 5) is 9.59. The summed E-state index contributed by atoms with van der Waals surface area (Å²) in [7, 11) is 0. The van der Waals surface area contributed by atoms with Gasteiger partial charge in [0.2, 0.25) is 0 Å². The summed E-state index contributed by atoms with van der Waals surface area (Å²) in [5, 5.41) is 14.1. The Hall–Kier alpha value is -1.68. The Bertz CT molecular complexity index is 342. The zero-order valence-electron chi connectivity index (χ0n) is 7.37. The molecular formula is C10H9NO2S. The predicted molar refractivity (Wildman–Crippen MR) is 57.4 cm³/mol. The second-order valence-corrected chi connectivity index (χ2v) is 3.20. The highest BCUT2D eigenvalue weighted by Gasteiger charge is 1.98. The van der Waals surface area contributed by atoms with E-state index in [1.165, 1.54) is 12.1 Å². The summed E-state index contributed by atoms with van der Waals surface area (Å²) in [5.41, 5.74) is 0.137. The van der Waals surface area contributed by atoms with Crippen molar-refractivity contribution in [2.45, 2.75) is 0 Å². The fourth-order valence-corrected chi connectivity index (χ4v) is 1.23. The average molecular weight is 207 g/mol. The van der Waals surface area contributed by atoms with Gasteiger partial charge in [0.1, 0.15) is 0 Å². The minimum Gasteiger partial charge on any atom is -0.258 e. The van der Waals surface area contributed by atoms with Gasteiger partial charge in [-0.2, -0.15) is 11.3 Å². The van der Waals surface area contributed by atoms with E-state index in [1.54, 1.807) is 29.5 Å². The van der Waals surface area contributed by atoms with E-state index >= 15 is 0 Å². The Labute approximate surface area is 85.8 Å². The van der Waals surface area contributed by atoms with Crippen molar-refractivity contribution in [3.05, 3.63) is 63.3 Å². The van der Waals surface area contributed by atoms with Crippen LogP contribution in [0.25, 0.3) is 0 Å². The minimum atomic E-state index is -0.417. The second kappa shape index (κ2) is 5.88. The molecule has 1 heterocycles. The third kappa shape index (κ3) is 3.82. The lowest BCUT2D eigenvalue weighted by atomic mass is 10.3. The van der Waals surface area contributed by atoms with Crippen LogP contribution in [0.4, 0.5) is 5.69 Å². The Kier molecular flexibility index (Phi) is 4.37. The van der Waals surface area contributed by atoms with Gasteiger partial charge in [-0.05, 0) is 10.8 Å². The van der Waals surface area contributed by atoms with E-state index in [0.717, 1.165) is 0 Å². The number of nitrogens with zero attached hydrogens (tertiary/aromatic N) is 1. The molecular weight excluding hydrogens is 198 g/mol. The summed E-state index contributed by atoms with van der Waals surface area (Å²) in [6.45, 7) is 0. The standard InChI is InChI=1S/C6H5NO2.C4H4S/c8-7(9)6-4-2-1-3-5-6;1-2-4-5-3-1/h1-5H;1-4H. The van der Waals surface area contributed by atoms with E-state index in [2.05, 4.69) is 0 Å². The highest BCUT2D eigenvalue weighted by atomic mass is 32.1. The fourth-order valence-electron chi connectivity index (χ4n) is 0.777. The number of hydrogen-bond acceptors (Lipinski definition) is 3. The van der Waals surface area contributed by atoms with Crippen LogP contribution in [0, 0.1) is 10.1 Å². The van der Waals surface area contributed by atoms with Crippen molar-refractivity contribution in [1.82, 2.24) is 0 Å². The molecule has 0 atom stereocenters. The maximum atomic E-state index is 10.0. The highest BCUT2D eigenvalue weighted by Crippen LogP contribution is 2.06. The van der Waals surface area contributed by atoms with Gasteiger partial charge in [-0.15, -0.1) is 0 Å². The van der Waals surface area contributed by atoms with Gasteiger partial charge in [0, 0.05) is 12.1 Å². The van der Waals surface area contributed by atoms with E-state index in [1.807, 2.05) is 22.9 Å². The zero-order valence-corrected chi connectivity index (χ0v) is 8.18. The van der Waals surface area contributed by atoms with Gasteiger partial charge in [0.05, 0.1) is 4.92 Å². The molecule has 0 saturated heterocycles. The summed E-state index contributed by atoms with van der Waals surface area (Å²) >= 11 is 1.71. The molecule has 0 aliphatic rings. The fraction of sp³-hybridized carbons (Fsp3) is 0. The van der Waals surface area contributed by atoms with E-state index in [4.69, 9.17) is 0 Å². The summed E-state index contributed by atoms with van der Waals surface area (Å²) in [6.07, 6.45) is 0. The van der Waals surface area contributed by atoms with Gasteiger partial charge in [-0.3, -0.25) is 10.1 Å². The van der Waals surface area contributed by atoms with Crippen LogP contribution in [-0.4, -0.2) is 4.92 Å². The minimum absolute atomic E-state index is 0.137. The smallest absolute Gasteiger partial charge is 0.258 e. The van der Waals surface area contributed by atoms with Gasteiger partial charge in [-0.25, -0.2) is 0 Å². The Morgan fingerprint density at radius 1 is 1.00 bits per heavy atom. The molecule has 3 nitrogen and oxygen atoms in total. The lowest BCUT2D eigenvalue weighted by Crippen LogP contribution is -1.84. The molecule has 0 radical (unpaired) electrons. The predicted octanol–water partition coefficient (Wildman–Crippen LogP) is 3.34. The molecule has 0 bridgehead atoms. The molecule has 0 amide bonds. The molecule has 4 heteroatoms. The highest BCUT2D eigenvalue weighted by molar-refractivity contribution is 7.07. The molecule has 0 N–H and O–H groups in total. The molecule has 1 aromatic carbocycles. The van der Waals surface area contributed by atoms with Crippen LogP contribution >= 0.6 is 11.3 Å². The lowest BCUT2D eigenvalue weighted by molar-refractivity contribution is -0.384. The van der Waals surface area contributed by atoms with Gasteiger partial charge in [0.15, 0.2) is 0 Å². The zero-order chi connectivity index (χ0) is 10.2. The molecule has 0 aliphatic heterocycles.